The summed E-state index contributed by atoms with van der Waals surface area (Å²) in [5, 5.41) is 3.50. The van der Waals surface area contributed by atoms with E-state index in [2.05, 4.69) is 24.4 Å². The van der Waals surface area contributed by atoms with Crippen molar-refractivity contribution in [3.8, 4) is 0 Å². The third-order valence-electron chi connectivity index (χ3n) is 6.42. The minimum atomic E-state index is -2.90. The third-order valence-corrected chi connectivity index (χ3v) is 6.42. The Kier molecular flexibility index (Phi) is 8.40. The third kappa shape index (κ3) is 7.01. The summed E-state index contributed by atoms with van der Waals surface area (Å²) in [6.07, 6.45) is 9.68. The van der Waals surface area contributed by atoms with Crippen molar-refractivity contribution in [2.24, 2.45) is 5.92 Å². The van der Waals surface area contributed by atoms with Crippen LogP contribution in [0.3, 0.4) is 0 Å². The summed E-state index contributed by atoms with van der Waals surface area (Å²) in [4.78, 5) is 14.1. The molecule has 2 aliphatic heterocycles. The lowest BCUT2D eigenvalue weighted by atomic mass is 9.84. The number of nitrogens with zero attached hydrogens (tertiary/aromatic N) is 1. The SMILES string of the molecule is C=C(/C=C\C=C(/C)N[C@H]1CO[C@H](CN2CCCC2=O)[C@H](OC(C)(C)C)[C@@H]1C1=C[CH]1)C(F)(F)CC.[HH]. The highest BCUT2D eigenvalue weighted by molar-refractivity contribution is 5.78. The van der Waals surface area contributed by atoms with Gasteiger partial charge in [-0.3, -0.25) is 4.79 Å². The number of hydrogen-bond donors (Lipinski definition) is 1. The lowest BCUT2D eigenvalue weighted by Gasteiger charge is -2.46. The number of halogens is 2. The van der Waals surface area contributed by atoms with E-state index in [0.29, 0.717) is 19.6 Å². The summed E-state index contributed by atoms with van der Waals surface area (Å²) in [7, 11) is 0. The second-order valence-electron chi connectivity index (χ2n) is 10.4. The molecule has 5 nitrogen and oxygen atoms in total. The van der Waals surface area contributed by atoms with Crippen LogP contribution in [0, 0.1) is 12.3 Å². The van der Waals surface area contributed by atoms with Gasteiger partial charge < -0.3 is 19.7 Å². The average Bonchev–Trinajstić information content (AvgIpc) is 3.50. The Labute approximate surface area is 204 Å². The van der Waals surface area contributed by atoms with Crippen molar-refractivity contribution in [3.63, 3.8) is 0 Å². The Bertz CT molecular complexity index is 863. The first kappa shape index (κ1) is 26.6. The number of carbonyl (C=O) groups excluding carboxylic acids is 1. The highest BCUT2D eigenvalue weighted by Crippen LogP contribution is 2.40. The summed E-state index contributed by atoms with van der Waals surface area (Å²) >= 11 is 0. The zero-order valence-electron chi connectivity index (χ0n) is 21.1. The number of alkyl halides is 2. The van der Waals surface area contributed by atoms with Crippen LogP contribution in [0.25, 0.3) is 0 Å². The summed E-state index contributed by atoms with van der Waals surface area (Å²) in [6, 6.07) is -0.0483. The number of ether oxygens (including phenoxy) is 2. The highest BCUT2D eigenvalue weighted by atomic mass is 19.3. The van der Waals surface area contributed by atoms with Crippen LogP contribution >= 0.6 is 0 Å². The van der Waals surface area contributed by atoms with Crippen molar-refractivity contribution in [2.75, 3.05) is 19.7 Å². The van der Waals surface area contributed by atoms with Gasteiger partial charge in [-0.25, -0.2) is 8.78 Å². The minimum absolute atomic E-state index is 0. The van der Waals surface area contributed by atoms with Crippen LogP contribution in [0.2, 0.25) is 0 Å². The van der Waals surface area contributed by atoms with Crippen LogP contribution in [-0.4, -0.2) is 60.3 Å². The molecule has 2 saturated heterocycles. The number of rotatable bonds is 10. The molecule has 3 aliphatic rings. The van der Waals surface area contributed by atoms with Crippen LogP contribution in [0.4, 0.5) is 8.78 Å². The first-order valence-electron chi connectivity index (χ1n) is 12.2. The monoisotopic (exact) mass is 479 g/mol. The predicted octanol–water partition coefficient (Wildman–Crippen LogP) is 5.22. The van der Waals surface area contributed by atoms with E-state index in [1.807, 2.05) is 32.6 Å². The van der Waals surface area contributed by atoms with E-state index < -0.39 is 5.92 Å². The fourth-order valence-corrected chi connectivity index (χ4v) is 4.54. The van der Waals surface area contributed by atoms with Gasteiger partial charge in [-0.1, -0.05) is 37.3 Å². The van der Waals surface area contributed by atoms with Crippen LogP contribution in [0.15, 0.2) is 47.7 Å². The maximum absolute atomic E-state index is 13.7. The van der Waals surface area contributed by atoms with Gasteiger partial charge in [-0.05, 0) is 40.2 Å². The molecule has 0 bridgehead atoms. The van der Waals surface area contributed by atoms with E-state index in [9.17, 15) is 13.6 Å². The molecular weight excluding hydrogens is 438 g/mol. The van der Waals surface area contributed by atoms with Gasteiger partial charge in [-0.15, -0.1) is 0 Å². The molecule has 0 saturated carbocycles. The van der Waals surface area contributed by atoms with Gasteiger partial charge in [-0.2, -0.15) is 0 Å². The molecule has 7 heteroatoms. The zero-order chi connectivity index (χ0) is 25.1. The Morgan fingerprint density at radius 3 is 2.68 bits per heavy atom. The molecule has 2 heterocycles. The lowest BCUT2D eigenvalue weighted by molar-refractivity contribution is -0.182. The van der Waals surface area contributed by atoms with E-state index in [1.165, 1.54) is 18.6 Å². The quantitative estimate of drug-likeness (QED) is 0.437. The van der Waals surface area contributed by atoms with Gasteiger partial charge in [0.2, 0.25) is 5.91 Å². The van der Waals surface area contributed by atoms with E-state index >= 15 is 0 Å². The van der Waals surface area contributed by atoms with E-state index in [4.69, 9.17) is 9.47 Å². The van der Waals surface area contributed by atoms with E-state index in [-0.39, 0.29) is 49.1 Å². The summed E-state index contributed by atoms with van der Waals surface area (Å²) in [5.74, 6) is -2.67. The maximum Gasteiger partial charge on any atom is 0.272 e. The minimum Gasteiger partial charge on any atom is -0.383 e. The highest BCUT2D eigenvalue weighted by Gasteiger charge is 2.47. The summed E-state index contributed by atoms with van der Waals surface area (Å²) in [5.41, 5.74) is 1.47. The standard InChI is InChI=1S/C27H39F2N2O3.H2/c1-7-27(28,29)18(2)10-8-11-19(3)30-21-17-33-22(16-31-15-9-12-23(31)32)25(34-26(4,5)6)24(21)20-13-14-20;/h8,10-11,13-14,21-22,24-25,30H,2,7,9,12,15-17H2,1,3-6H3;1H/b10-8-,19-11+;/t21-,22+,24+,25-;/m0./s1. The average molecular weight is 480 g/mol. The van der Waals surface area contributed by atoms with Gasteiger partial charge in [0, 0.05) is 51.0 Å². The zero-order valence-corrected chi connectivity index (χ0v) is 21.1. The molecule has 0 unspecified atom stereocenters. The molecule has 4 atom stereocenters. The summed E-state index contributed by atoms with van der Waals surface area (Å²) < 4.78 is 40.3. The van der Waals surface area contributed by atoms with Crippen molar-refractivity contribution >= 4 is 5.91 Å². The molecule has 0 aromatic heterocycles. The van der Waals surface area contributed by atoms with E-state index in [0.717, 1.165) is 18.7 Å². The Morgan fingerprint density at radius 2 is 2.12 bits per heavy atom. The van der Waals surface area contributed by atoms with Crippen molar-refractivity contribution < 1.29 is 24.5 Å². The number of likely N-dealkylation sites (tertiary alicyclic amines) is 1. The van der Waals surface area contributed by atoms with Crippen molar-refractivity contribution in [3.05, 3.63) is 54.1 Å². The van der Waals surface area contributed by atoms with Crippen molar-refractivity contribution in [1.29, 1.82) is 0 Å². The van der Waals surface area contributed by atoms with Crippen molar-refractivity contribution in [1.82, 2.24) is 10.2 Å². The van der Waals surface area contributed by atoms with Gasteiger partial charge in [0.1, 0.15) is 6.10 Å². The summed E-state index contributed by atoms with van der Waals surface area (Å²) in [6.45, 7) is 14.7. The maximum atomic E-state index is 13.7. The normalized spacial score (nSPS) is 28.4. The van der Waals surface area contributed by atoms with Crippen LogP contribution < -0.4 is 5.32 Å². The molecule has 0 aromatic rings. The molecule has 2 fully saturated rings. The first-order chi connectivity index (χ1) is 15.9. The predicted molar refractivity (Wildman–Crippen MR) is 132 cm³/mol. The molecule has 1 radical (unpaired) electrons. The van der Waals surface area contributed by atoms with Gasteiger partial charge in [0.15, 0.2) is 0 Å². The fraction of sp³-hybridized carbons (Fsp3) is 0.630. The van der Waals surface area contributed by atoms with Crippen LogP contribution in [0.1, 0.15) is 55.3 Å². The molecule has 0 spiro atoms. The molecule has 1 N–H and O–H groups in total. The molecule has 3 rings (SSSR count). The second kappa shape index (κ2) is 10.7. The molecular formula is C27H41F2N2O3. The van der Waals surface area contributed by atoms with Crippen LogP contribution in [0.5, 0.6) is 0 Å². The lowest BCUT2D eigenvalue weighted by Crippen LogP contribution is -2.59. The number of allylic oxidation sites excluding steroid dienone is 6. The molecule has 1 amide bonds. The molecule has 1 aliphatic carbocycles. The Morgan fingerprint density at radius 1 is 1.41 bits per heavy atom. The molecule has 0 aromatic carbocycles. The number of hydrogen-bond acceptors (Lipinski definition) is 4. The topological polar surface area (TPSA) is 50.8 Å². The van der Waals surface area contributed by atoms with Gasteiger partial charge in [0.25, 0.3) is 5.92 Å². The number of amides is 1. The van der Waals surface area contributed by atoms with Gasteiger partial charge in [0.05, 0.1) is 24.4 Å². The first-order valence-corrected chi connectivity index (χ1v) is 12.2. The largest absolute Gasteiger partial charge is 0.383 e. The van der Waals surface area contributed by atoms with E-state index in [1.54, 1.807) is 12.2 Å². The van der Waals surface area contributed by atoms with Crippen molar-refractivity contribution in [2.45, 2.75) is 83.7 Å². The number of carbonyl (C=O) groups is 1. The fourth-order valence-electron chi connectivity index (χ4n) is 4.54. The number of nitrogens with one attached hydrogen (secondary N) is 1. The second-order valence-corrected chi connectivity index (χ2v) is 10.4. The molecule has 191 valence electrons. The smallest absolute Gasteiger partial charge is 0.272 e. The Balaban J connectivity index is 0.00000432. The van der Waals surface area contributed by atoms with Gasteiger partial charge >= 0.3 is 0 Å². The Hall–Kier alpha value is -1.99. The van der Waals surface area contributed by atoms with Crippen LogP contribution in [-0.2, 0) is 14.3 Å². The molecule has 34 heavy (non-hydrogen) atoms.